The number of rotatable bonds is 3. The van der Waals surface area contributed by atoms with Crippen molar-refractivity contribution in [1.82, 2.24) is 0 Å². The Hall–Kier alpha value is -2.30. The molecule has 0 aromatic heterocycles. The monoisotopic (exact) mass is 233 g/mol. The van der Waals surface area contributed by atoms with Crippen molar-refractivity contribution in [3.05, 3.63) is 53.1 Å². The van der Waals surface area contributed by atoms with E-state index < -0.39 is 5.97 Å². The van der Waals surface area contributed by atoms with E-state index in [2.05, 4.69) is 0 Å². The Kier molecular flexibility index (Phi) is 3.09. The highest BCUT2D eigenvalue weighted by atomic mass is 16.6. The van der Waals surface area contributed by atoms with Gasteiger partial charge in [-0.2, -0.15) is 0 Å². The second kappa shape index (κ2) is 4.69. The molecule has 0 atom stereocenters. The van der Waals surface area contributed by atoms with Crippen molar-refractivity contribution in [2.75, 3.05) is 6.61 Å². The third-order valence-corrected chi connectivity index (χ3v) is 2.18. The normalized spacial score (nSPS) is 17.5. The first kappa shape index (κ1) is 11.2. The summed E-state index contributed by atoms with van der Waals surface area (Å²) in [5, 5.41) is 11.8. The zero-order valence-electron chi connectivity index (χ0n) is 9.25. The Morgan fingerprint density at radius 1 is 1.41 bits per heavy atom. The highest BCUT2D eigenvalue weighted by Crippen LogP contribution is 2.15. The van der Waals surface area contributed by atoms with E-state index in [4.69, 9.17) is 9.47 Å². The van der Waals surface area contributed by atoms with Crippen LogP contribution < -0.4 is 0 Å². The van der Waals surface area contributed by atoms with Crippen LogP contribution in [0, 0.1) is 5.21 Å². The molecule has 0 saturated heterocycles. The van der Waals surface area contributed by atoms with Crippen molar-refractivity contribution < 1.29 is 19.0 Å². The summed E-state index contributed by atoms with van der Waals surface area (Å²) in [6, 6.07) is 8.71. The Morgan fingerprint density at radius 2 is 2.12 bits per heavy atom. The Morgan fingerprint density at radius 3 is 2.76 bits per heavy atom. The van der Waals surface area contributed by atoms with Gasteiger partial charge >= 0.3 is 17.6 Å². The Balaban J connectivity index is 2.37. The smallest absolute Gasteiger partial charge is 0.418 e. The highest BCUT2D eigenvalue weighted by Gasteiger charge is 2.37. The number of benzene rings is 1. The fraction of sp³-hybridized carbons (Fsp3) is 0.167. The molecule has 1 aliphatic rings. The van der Waals surface area contributed by atoms with Gasteiger partial charge in [0, 0.05) is 0 Å². The Bertz CT molecular complexity index is 490. The minimum Gasteiger partial charge on any atom is -0.615 e. The maximum atomic E-state index is 11.8. The molecule has 88 valence electrons. The molecular weight excluding hydrogens is 222 g/mol. The molecule has 0 unspecified atom stereocenters. The molecule has 0 fully saturated rings. The number of hydrogen-bond acceptors (Lipinski definition) is 4. The molecule has 0 radical (unpaired) electrons. The molecule has 1 aromatic rings. The largest absolute Gasteiger partial charge is 0.615 e. The van der Waals surface area contributed by atoms with Crippen LogP contribution in [0.3, 0.4) is 0 Å². The zero-order chi connectivity index (χ0) is 12.3. The molecule has 5 heteroatoms. The predicted octanol–water partition coefficient (Wildman–Crippen LogP) is 1.38. The fourth-order valence-corrected chi connectivity index (χ4v) is 1.39. The van der Waals surface area contributed by atoms with Crippen molar-refractivity contribution in [3.8, 4) is 0 Å². The molecule has 17 heavy (non-hydrogen) atoms. The van der Waals surface area contributed by atoms with Crippen LogP contribution in [0.15, 0.2) is 42.3 Å². The average Bonchev–Trinajstić information content (AvgIpc) is 2.64. The van der Waals surface area contributed by atoms with E-state index in [1.807, 2.05) is 6.07 Å². The lowest BCUT2D eigenvalue weighted by Gasteiger charge is -1.98. The van der Waals surface area contributed by atoms with Gasteiger partial charge in [0.15, 0.2) is 6.26 Å². The van der Waals surface area contributed by atoms with Crippen LogP contribution >= 0.6 is 0 Å². The topological polar surface area (TPSA) is 61.6 Å². The summed E-state index contributed by atoms with van der Waals surface area (Å²) in [5.74, 6) is -0.728. The van der Waals surface area contributed by atoms with E-state index in [1.165, 1.54) is 0 Å². The first-order valence-electron chi connectivity index (χ1n) is 5.17. The predicted molar refractivity (Wildman–Crippen MR) is 60.0 cm³/mol. The lowest BCUT2D eigenvalue weighted by molar-refractivity contribution is -0.393. The number of hydroxylamine groups is 1. The van der Waals surface area contributed by atoms with Gasteiger partial charge < -0.3 is 14.7 Å². The number of carbonyl (C=O) groups is 1. The lowest BCUT2D eigenvalue weighted by Crippen LogP contribution is -2.09. The minimum absolute atomic E-state index is 0.0263. The van der Waals surface area contributed by atoms with Crippen molar-refractivity contribution in [2.45, 2.75) is 6.92 Å². The van der Waals surface area contributed by atoms with Crippen LogP contribution in [-0.2, 0) is 14.3 Å². The molecule has 0 aliphatic carbocycles. The highest BCUT2D eigenvalue weighted by molar-refractivity contribution is 6.05. The summed E-state index contributed by atoms with van der Waals surface area (Å²) in [7, 11) is 0. The number of ether oxygens (including phenoxy) is 2. The molecule has 0 N–H and O–H groups in total. The van der Waals surface area contributed by atoms with E-state index in [9.17, 15) is 10.0 Å². The van der Waals surface area contributed by atoms with Crippen molar-refractivity contribution >= 4 is 11.9 Å². The third-order valence-electron chi connectivity index (χ3n) is 2.18. The van der Waals surface area contributed by atoms with Gasteiger partial charge in [0.1, 0.15) is 0 Å². The Labute approximate surface area is 98.2 Å². The average molecular weight is 233 g/mol. The van der Waals surface area contributed by atoms with Crippen LogP contribution in [0.2, 0.25) is 0 Å². The van der Waals surface area contributed by atoms with Crippen molar-refractivity contribution in [2.24, 2.45) is 0 Å². The summed E-state index contributed by atoms with van der Waals surface area (Å²) in [4.78, 5) is 11.4. The van der Waals surface area contributed by atoms with Gasteiger partial charge in [-0.1, -0.05) is 18.2 Å². The number of nitrogens with zero attached hydrogens (tertiary/aromatic N) is 1. The van der Waals surface area contributed by atoms with E-state index in [-0.39, 0.29) is 11.6 Å². The molecule has 2 rings (SSSR count). The minimum atomic E-state index is -0.702. The maximum Gasteiger partial charge on any atom is 0.418 e. The number of cyclic esters (lactones) is 1. The molecule has 5 nitrogen and oxygen atoms in total. The van der Waals surface area contributed by atoms with Gasteiger partial charge in [-0.15, -0.1) is 4.74 Å². The second-order valence-electron chi connectivity index (χ2n) is 3.31. The van der Waals surface area contributed by atoms with Gasteiger partial charge in [-0.25, -0.2) is 4.79 Å². The summed E-state index contributed by atoms with van der Waals surface area (Å²) in [6.07, 6.45) is 1.12. The number of hydrogen-bond donors (Lipinski definition) is 0. The number of esters is 1. The SMILES string of the molecule is CCOC=C1C(=O)OC(c2ccccc2)=[N+]1[O-]. The number of carbonyl (C=O) groups excluding carboxylic acids is 1. The fourth-order valence-electron chi connectivity index (χ4n) is 1.39. The molecule has 1 aromatic carbocycles. The summed E-state index contributed by atoms with van der Waals surface area (Å²) in [5.41, 5.74) is 0.404. The molecule has 0 amide bonds. The summed E-state index contributed by atoms with van der Waals surface area (Å²) >= 11 is 0. The molecule has 1 aliphatic heterocycles. The maximum absolute atomic E-state index is 11.8. The van der Waals surface area contributed by atoms with Gasteiger partial charge in [-0.05, 0) is 19.1 Å². The van der Waals surface area contributed by atoms with E-state index in [0.29, 0.717) is 16.9 Å². The molecule has 0 saturated carbocycles. The zero-order valence-corrected chi connectivity index (χ0v) is 9.25. The first-order chi connectivity index (χ1) is 8.24. The lowest BCUT2D eigenvalue weighted by atomic mass is 10.2. The van der Waals surface area contributed by atoms with Crippen LogP contribution in [0.5, 0.6) is 0 Å². The van der Waals surface area contributed by atoms with Crippen LogP contribution in [0.1, 0.15) is 12.5 Å². The standard InChI is InChI=1S/C12H11NO4/c1-2-16-8-10-12(14)17-11(13(10)15)9-6-4-3-5-7-9/h3-8H,2H2,1H3. The van der Waals surface area contributed by atoms with Crippen LogP contribution in [0.25, 0.3) is 0 Å². The van der Waals surface area contributed by atoms with Gasteiger partial charge in [-0.3, -0.25) is 0 Å². The van der Waals surface area contributed by atoms with Crippen LogP contribution in [-0.4, -0.2) is 23.2 Å². The van der Waals surface area contributed by atoms with E-state index in [0.717, 1.165) is 6.26 Å². The molecule has 1 heterocycles. The van der Waals surface area contributed by atoms with E-state index >= 15 is 0 Å². The van der Waals surface area contributed by atoms with Crippen molar-refractivity contribution in [3.63, 3.8) is 0 Å². The van der Waals surface area contributed by atoms with Gasteiger partial charge in [0.2, 0.25) is 0 Å². The molecular formula is C12H11NO4. The molecule has 0 bridgehead atoms. The van der Waals surface area contributed by atoms with Gasteiger partial charge in [0.25, 0.3) is 0 Å². The van der Waals surface area contributed by atoms with Gasteiger partial charge in [0.05, 0.1) is 12.2 Å². The summed E-state index contributed by atoms with van der Waals surface area (Å²) < 4.78 is 10.3. The van der Waals surface area contributed by atoms with Crippen LogP contribution in [0.4, 0.5) is 0 Å². The second-order valence-corrected chi connectivity index (χ2v) is 3.31. The quantitative estimate of drug-likeness (QED) is 0.260. The summed E-state index contributed by atoms with van der Waals surface area (Å²) in [6.45, 7) is 2.14. The first-order valence-corrected chi connectivity index (χ1v) is 5.17. The molecule has 0 spiro atoms. The third kappa shape index (κ3) is 2.13. The van der Waals surface area contributed by atoms with Crippen molar-refractivity contribution in [1.29, 1.82) is 0 Å². The van der Waals surface area contributed by atoms with E-state index in [1.54, 1.807) is 31.2 Å².